The molecule has 1 saturated heterocycles. The van der Waals surface area contributed by atoms with Crippen LogP contribution >= 0.6 is 11.6 Å². The molecule has 0 saturated carbocycles. The Labute approximate surface area is 192 Å². The molecule has 0 aliphatic carbocycles. The number of halogens is 1. The summed E-state index contributed by atoms with van der Waals surface area (Å²) in [5.74, 6) is -1.05. The average molecular weight is 480 g/mol. The summed E-state index contributed by atoms with van der Waals surface area (Å²) in [5.41, 5.74) is 0.346. The first-order chi connectivity index (χ1) is 15.3. The van der Waals surface area contributed by atoms with Gasteiger partial charge in [-0.2, -0.15) is 4.31 Å². The first-order valence-electron chi connectivity index (χ1n) is 10.3. The molecule has 2 aromatic rings. The fourth-order valence-corrected chi connectivity index (χ4v) is 5.54. The van der Waals surface area contributed by atoms with Crippen molar-refractivity contribution in [2.45, 2.75) is 36.6 Å². The normalized spacial score (nSPS) is 16.9. The van der Waals surface area contributed by atoms with Gasteiger partial charge in [0.15, 0.2) is 0 Å². The number of benzene rings is 2. The Bertz CT molecular complexity index is 1060. The lowest BCUT2D eigenvalue weighted by molar-refractivity contribution is -0.136. The Morgan fingerprint density at radius 1 is 1.09 bits per heavy atom. The fraction of sp³-hybridized carbons (Fsp3) is 0.364. The van der Waals surface area contributed by atoms with E-state index < -0.39 is 21.8 Å². The number of nitrogens with one attached hydrogen (secondary N) is 2. The minimum atomic E-state index is -3.68. The van der Waals surface area contributed by atoms with Gasteiger partial charge in [-0.05, 0) is 55.7 Å². The molecule has 0 bridgehead atoms. The van der Waals surface area contributed by atoms with E-state index in [1.54, 1.807) is 36.4 Å². The number of amides is 2. The Balaban J connectivity index is 1.58. The minimum Gasteiger partial charge on any atom is -0.497 e. The third-order valence-electron chi connectivity index (χ3n) is 5.33. The number of methoxy groups -OCH3 is 1. The highest BCUT2D eigenvalue weighted by Crippen LogP contribution is 2.28. The van der Waals surface area contributed by atoms with Crippen LogP contribution in [0.5, 0.6) is 5.75 Å². The molecule has 8 nitrogen and oxygen atoms in total. The van der Waals surface area contributed by atoms with E-state index >= 15 is 0 Å². The molecular weight excluding hydrogens is 454 g/mol. The molecule has 1 aliphatic heterocycles. The maximum Gasteiger partial charge on any atom is 0.313 e. The molecule has 1 heterocycles. The SMILES string of the molecule is COc1ccc(S(=O)(=O)N2CCCC[C@H]2CCNC(=O)C(=O)Nc2ccccc2Cl)cc1. The Morgan fingerprint density at radius 2 is 1.81 bits per heavy atom. The van der Waals surface area contributed by atoms with Crippen molar-refractivity contribution < 1.29 is 22.7 Å². The number of rotatable bonds is 7. The molecule has 0 radical (unpaired) electrons. The smallest absolute Gasteiger partial charge is 0.313 e. The number of anilines is 1. The molecule has 0 aromatic heterocycles. The Morgan fingerprint density at radius 3 is 2.50 bits per heavy atom. The van der Waals surface area contributed by atoms with Gasteiger partial charge in [0, 0.05) is 19.1 Å². The van der Waals surface area contributed by atoms with Crippen LogP contribution in [-0.2, 0) is 19.6 Å². The van der Waals surface area contributed by atoms with Gasteiger partial charge < -0.3 is 15.4 Å². The van der Waals surface area contributed by atoms with Crippen LogP contribution in [0.1, 0.15) is 25.7 Å². The number of para-hydroxylation sites is 1. The van der Waals surface area contributed by atoms with Crippen LogP contribution in [0.15, 0.2) is 53.4 Å². The lowest BCUT2D eigenvalue weighted by Crippen LogP contribution is -2.45. The predicted octanol–water partition coefficient (Wildman–Crippen LogP) is 3.04. The van der Waals surface area contributed by atoms with E-state index in [4.69, 9.17) is 16.3 Å². The summed E-state index contributed by atoms with van der Waals surface area (Å²) in [6.07, 6.45) is 2.77. The molecule has 172 valence electrons. The average Bonchev–Trinajstić information content (AvgIpc) is 2.80. The zero-order valence-electron chi connectivity index (χ0n) is 17.7. The molecule has 10 heteroatoms. The van der Waals surface area contributed by atoms with Crippen molar-refractivity contribution in [3.8, 4) is 5.75 Å². The monoisotopic (exact) mass is 479 g/mol. The minimum absolute atomic E-state index is 0.175. The van der Waals surface area contributed by atoms with Crippen molar-refractivity contribution in [2.75, 3.05) is 25.5 Å². The van der Waals surface area contributed by atoms with Gasteiger partial charge in [-0.25, -0.2) is 8.42 Å². The highest BCUT2D eigenvalue weighted by Gasteiger charge is 2.33. The third kappa shape index (κ3) is 5.79. The lowest BCUT2D eigenvalue weighted by Gasteiger charge is -2.34. The van der Waals surface area contributed by atoms with Gasteiger partial charge in [0.2, 0.25) is 10.0 Å². The van der Waals surface area contributed by atoms with Crippen molar-refractivity contribution in [3.05, 3.63) is 53.6 Å². The quantitative estimate of drug-likeness (QED) is 0.594. The number of sulfonamides is 1. The summed E-state index contributed by atoms with van der Waals surface area (Å²) >= 11 is 5.99. The van der Waals surface area contributed by atoms with Crippen LogP contribution in [-0.4, -0.2) is 50.8 Å². The highest BCUT2D eigenvalue weighted by molar-refractivity contribution is 7.89. The van der Waals surface area contributed by atoms with E-state index in [-0.39, 0.29) is 17.5 Å². The second kappa shape index (κ2) is 10.8. The maximum atomic E-state index is 13.2. The summed E-state index contributed by atoms with van der Waals surface area (Å²) in [7, 11) is -2.16. The zero-order chi connectivity index (χ0) is 23.1. The summed E-state index contributed by atoms with van der Waals surface area (Å²) in [5, 5.41) is 5.36. The van der Waals surface area contributed by atoms with E-state index in [0.717, 1.165) is 12.8 Å². The van der Waals surface area contributed by atoms with E-state index in [2.05, 4.69) is 10.6 Å². The Hall–Kier alpha value is -2.62. The van der Waals surface area contributed by atoms with Crippen LogP contribution in [0.25, 0.3) is 0 Å². The van der Waals surface area contributed by atoms with Crippen LogP contribution < -0.4 is 15.4 Å². The van der Waals surface area contributed by atoms with Gasteiger partial charge >= 0.3 is 11.8 Å². The van der Waals surface area contributed by atoms with Crippen molar-refractivity contribution in [2.24, 2.45) is 0 Å². The summed E-state index contributed by atoms with van der Waals surface area (Å²) in [6, 6.07) is 12.6. The third-order valence-corrected chi connectivity index (χ3v) is 7.63. The number of nitrogens with zero attached hydrogens (tertiary/aromatic N) is 1. The molecule has 1 fully saturated rings. The second-order valence-corrected chi connectivity index (χ2v) is 9.72. The van der Waals surface area contributed by atoms with Gasteiger partial charge in [-0.15, -0.1) is 0 Å². The molecule has 1 aliphatic rings. The first-order valence-corrected chi connectivity index (χ1v) is 12.1. The highest BCUT2D eigenvalue weighted by atomic mass is 35.5. The van der Waals surface area contributed by atoms with Gasteiger partial charge in [0.05, 0.1) is 22.7 Å². The van der Waals surface area contributed by atoms with E-state index in [1.165, 1.54) is 23.5 Å². The number of ether oxygens (including phenoxy) is 1. The molecule has 1 atom stereocenters. The van der Waals surface area contributed by atoms with Crippen LogP contribution in [0.2, 0.25) is 5.02 Å². The number of carbonyl (C=O) groups is 2. The molecule has 0 unspecified atom stereocenters. The van der Waals surface area contributed by atoms with Crippen molar-refractivity contribution in [3.63, 3.8) is 0 Å². The molecule has 3 rings (SSSR count). The van der Waals surface area contributed by atoms with Gasteiger partial charge in [0.1, 0.15) is 5.75 Å². The van der Waals surface area contributed by atoms with Crippen LogP contribution in [0, 0.1) is 0 Å². The standard InChI is InChI=1S/C22H26ClN3O5S/c1-31-17-9-11-18(12-10-17)32(29,30)26-15-5-4-6-16(26)13-14-24-21(27)22(28)25-20-8-3-2-7-19(20)23/h2-3,7-12,16H,4-6,13-15H2,1H3,(H,24,27)(H,25,28)/t16-/m0/s1. The summed E-state index contributed by atoms with van der Waals surface area (Å²) in [4.78, 5) is 24.5. The predicted molar refractivity (Wildman–Crippen MR) is 122 cm³/mol. The molecule has 0 spiro atoms. The molecule has 2 N–H and O–H groups in total. The van der Waals surface area contributed by atoms with Gasteiger partial charge in [-0.1, -0.05) is 30.2 Å². The number of hydrogen-bond acceptors (Lipinski definition) is 5. The molecular formula is C22H26ClN3O5S. The van der Waals surface area contributed by atoms with E-state index in [0.29, 0.717) is 35.8 Å². The summed E-state index contributed by atoms with van der Waals surface area (Å²) < 4.78 is 32.9. The first kappa shape index (κ1) is 24.0. The molecule has 2 amide bonds. The largest absolute Gasteiger partial charge is 0.497 e. The fourth-order valence-electron chi connectivity index (χ4n) is 3.64. The topological polar surface area (TPSA) is 105 Å². The summed E-state index contributed by atoms with van der Waals surface area (Å²) in [6.45, 7) is 0.591. The lowest BCUT2D eigenvalue weighted by atomic mass is 10.0. The van der Waals surface area contributed by atoms with E-state index in [1.807, 2.05) is 0 Å². The van der Waals surface area contributed by atoms with Crippen molar-refractivity contribution in [1.82, 2.24) is 9.62 Å². The number of carbonyl (C=O) groups excluding carboxylic acids is 2. The van der Waals surface area contributed by atoms with Crippen molar-refractivity contribution >= 4 is 39.1 Å². The molecule has 32 heavy (non-hydrogen) atoms. The van der Waals surface area contributed by atoms with Gasteiger partial charge in [0.25, 0.3) is 0 Å². The van der Waals surface area contributed by atoms with Crippen LogP contribution in [0.4, 0.5) is 5.69 Å². The van der Waals surface area contributed by atoms with E-state index in [9.17, 15) is 18.0 Å². The maximum absolute atomic E-state index is 13.2. The number of hydrogen-bond donors (Lipinski definition) is 2. The molecule has 2 aromatic carbocycles. The van der Waals surface area contributed by atoms with Crippen molar-refractivity contribution in [1.29, 1.82) is 0 Å². The zero-order valence-corrected chi connectivity index (χ0v) is 19.3. The number of piperidine rings is 1. The van der Waals surface area contributed by atoms with Gasteiger partial charge in [-0.3, -0.25) is 9.59 Å². The second-order valence-electron chi connectivity index (χ2n) is 7.42. The Kier molecular flexibility index (Phi) is 8.11. The van der Waals surface area contributed by atoms with Crippen LogP contribution in [0.3, 0.4) is 0 Å².